The first-order valence-corrected chi connectivity index (χ1v) is 11.0. The predicted molar refractivity (Wildman–Crippen MR) is 116 cm³/mol. The molecule has 2 aromatic carbocycles. The minimum absolute atomic E-state index is 0.0577. The first-order valence-electron chi connectivity index (χ1n) is 10.2. The van der Waals surface area contributed by atoms with E-state index in [2.05, 4.69) is 5.16 Å². The Hall–Kier alpha value is -2.11. The second-order valence-electron chi connectivity index (χ2n) is 7.93. The molecule has 1 amide bonds. The normalized spacial score (nSPS) is 18.9. The predicted octanol–water partition coefficient (Wildman–Crippen LogP) is 5.84. The van der Waals surface area contributed by atoms with E-state index >= 15 is 0 Å². The molecule has 0 spiro atoms. The highest BCUT2D eigenvalue weighted by molar-refractivity contribution is 6.42. The van der Waals surface area contributed by atoms with Gasteiger partial charge in [0.15, 0.2) is 6.10 Å². The maximum absolute atomic E-state index is 13.3. The van der Waals surface area contributed by atoms with Crippen molar-refractivity contribution in [2.75, 3.05) is 6.54 Å². The van der Waals surface area contributed by atoms with Gasteiger partial charge in [-0.25, -0.2) is 4.39 Å². The fourth-order valence-electron chi connectivity index (χ4n) is 4.09. The summed E-state index contributed by atoms with van der Waals surface area (Å²) in [5.74, 6) is -0.0862. The molecule has 2 aromatic rings. The molecule has 7 heteroatoms. The number of carbonyl (C=O) groups is 1. The van der Waals surface area contributed by atoms with Crippen LogP contribution in [-0.4, -0.2) is 29.2 Å². The lowest BCUT2D eigenvalue weighted by Gasteiger charge is -2.27. The summed E-state index contributed by atoms with van der Waals surface area (Å²) in [6.45, 7) is 0.860. The summed E-state index contributed by atoms with van der Waals surface area (Å²) in [7, 11) is 0. The van der Waals surface area contributed by atoms with Gasteiger partial charge in [0.2, 0.25) is 5.91 Å². The summed E-state index contributed by atoms with van der Waals surface area (Å²) >= 11 is 12.1. The van der Waals surface area contributed by atoms with E-state index in [4.69, 9.17) is 28.0 Å². The van der Waals surface area contributed by atoms with Gasteiger partial charge < -0.3 is 9.74 Å². The minimum atomic E-state index is -0.286. The van der Waals surface area contributed by atoms with Crippen molar-refractivity contribution in [3.63, 3.8) is 0 Å². The zero-order valence-electron chi connectivity index (χ0n) is 16.5. The number of hydrogen-bond acceptors (Lipinski definition) is 3. The van der Waals surface area contributed by atoms with Crippen molar-refractivity contribution >= 4 is 34.8 Å². The van der Waals surface area contributed by atoms with Gasteiger partial charge in [-0.05, 0) is 42.7 Å². The SMILES string of the molecule is O=C(C1CCCC1)N(Cc1ccc(F)cc1)C[C@@H]1CC(c2ccc(Cl)c(Cl)c2)=NO1. The molecular formula is C23H23Cl2FN2O2. The average molecular weight is 449 g/mol. The second-order valence-corrected chi connectivity index (χ2v) is 8.74. The number of nitrogens with zero attached hydrogens (tertiary/aromatic N) is 2. The molecule has 0 aromatic heterocycles. The lowest BCUT2D eigenvalue weighted by atomic mass is 10.0. The monoisotopic (exact) mass is 448 g/mol. The van der Waals surface area contributed by atoms with Crippen LogP contribution in [0.5, 0.6) is 0 Å². The average Bonchev–Trinajstić information content (AvgIpc) is 3.43. The molecule has 158 valence electrons. The lowest BCUT2D eigenvalue weighted by Crippen LogP contribution is -2.40. The van der Waals surface area contributed by atoms with E-state index in [-0.39, 0.29) is 23.7 Å². The van der Waals surface area contributed by atoms with E-state index in [1.807, 2.05) is 11.0 Å². The maximum atomic E-state index is 13.3. The van der Waals surface area contributed by atoms with Gasteiger partial charge in [-0.2, -0.15) is 0 Å². The number of rotatable bonds is 6. The molecule has 1 aliphatic carbocycles. The summed E-state index contributed by atoms with van der Waals surface area (Å²) in [5.41, 5.74) is 2.54. The zero-order chi connectivity index (χ0) is 21.1. The smallest absolute Gasteiger partial charge is 0.226 e. The number of hydrogen-bond donors (Lipinski definition) is 0. The van der Waals surface area contributed by atoms with Crippen LogP contribution in [-0.2, 0) is 16.2 Å². The van der Waals surface area contributed by atoms with E-state index in [9.17, 15) is 9.18 Å². The highest BCUT2D eigenvalue weighted by Crippen LogP contribution is 2.29. The molecule has 1 fully saturated rings. The van der Waals surface area contributed by atoms with Crippen LogP contribution < -0.4 is 0 Å². The Morgan fingerprint density at radius 1 is 1.10 bits per heavy atom. The largest absolute Gasteiger partial charge is 0.390 e. The number of halogens is 3. The third-order valence-corrected chi connectivity index (χ3v) is 6.45. The van der Waals surface area contributed by atoms with Crippen molar-refractivity contribution in [3.8, 4) is 0 Å². The van der Waals surface area contributed by atoms with Crippen molar-refractivity contribution in [2.24, 2.45) is 11.1 Å². The summed E-state index contributed by atoms with van der Waals surface area (Å²) in [4.78, 5) is 20.6. The van der Waals surface area contributed by atoms with E-state index < -0.39 is 0 Å². The van der Waals surface area contributed by atoms with Gasteiger partial charge >= 0.3 is 0 Å². The van der Waals surface area contributed by atoms with Crippen LogP contribution in [0.4, 0.5) is 4.39 Å². The molecule has 0 unspecified atom stereocenters. The summed E-state index contributed by atoms with van der Waals surface area (Å²) in [5, 5.41) is 5.17. The Kier molecular flexibility index (Phi) is 6.59. The molecule has 2 aliphatic rings. The van der Waals surface area contributed by atoms with Crippen LogP contribution in [0.1, 0.15) is 43.2 Å². The van der Waals surface area contributed by atoms with Gasteiger partial charge in [-0.3, -0.25) is 4.79 Å². The van der Waals surface area contributed by atoms with E-state index in [0.717, 1.165) is 42.5 Å². The van der Waals surface area contributed by atoms with Crippen LogP contribution in [0.25, 0.3) is 0 Å². The van der Waals surface area contributed by atoms with Crippen molar-refractivity contribution in [2.45, 2.75) is 44.8 Å². The molecule has 0 bridgehead atoms. The quantitative estimate of drug-likeness (QED) is 0.556. The van der Waals surface area contributed by atoms with Gasteiger partial charge in [-0.15, -0.1) is 0 Å². The second kappa shape index (κ2) is 9.36. The molecule has 1 saturated carbocycles. The Morgan fingerprint density at radius 3 is 2.53 bits per heavy atom. The molecule has 30 heavy (non-hydrogen) atoms. The summed E-state index contributed by atoms with van der Waals surface area (Å²) < 4.78 is 13.3. The third-order valence-electron chi connectivity index (χ3n) is 5.71. The Labute approximate surface area is 185 Å². The van der Waals surface area contributed by atoms with Crippen molar-refractivity contribution in [3.05, 3.63) is 69.5 Å². The Balaban J connectivity index is 1.45. The third kappa shape index (κ3) is 4.96. The highest BCUT2D eigenvalue weighted by Gasteiger charge is 2.31. The number of carbonyl (C=O) groups excluding carboxylic acids is 1. The van der Waals surface area contributed by atoms with Crippen molar-refractivity contribution < 1.29 is 14.0 Å². The van der Waals surface area contributed by atoms with Crippen LogP contribution >= 0.6 is 23.2 Å². The van der Waals surface area contributed by atoms with Gasteiger partial charge in [0.05, 0.1) is 22.3 Å². The molecule has 1 atom stereocenters. The van der Waals surface area contributed by atoms with Gasteiger partial charge in [0.1, 0.15) is 5.82 Å². The standard InChI is InChI=1S/C23H23Cl2FN2O2/c24-20-10-7-17(11-21(20)25)22-12-19(30-27-22)14-28(23(29)16-3-1-2-4-16)13-15-5-8-18(26)9-6-15/h5-11,16,19H,1-4,12-14H2/t19-/m0/s1. The number of oxime groups is 1. The fourth-order valence-corrected chi connectivity index (χ4v) is 4.39. The fraction of sp³-hybridized carbons (Fsp3) is 0.391. The topological polar surface area (TPSA) is 41.9 Å². The van der Waals surface area contributed by atoms with Crippen LogP contribution in [0.3, 0.4) is 0 Å². The van der Waals surface area contributed by atoms with Gasteiger partial charge in [0.25, 0.3) is 0 Å². The number of benzene rings is 2. The van der Waals surface area contributed by atoms with Crippen molar-refractivity contribution in [1.29, 1.82) is 0 Å². The molecule has 4 nitrogen and oxygen atoms in total. The van der Waals surface area contributed by atoms with Crippen LogP contribution in [0, 0.1) is 11.7 Å². The van der Waals surface area contributed by atoms with Gasteiger partial charge in [-0.1, -0.05) is 59.4 Å². The molecule has 0 radical (unpaired) electrons. The van der Waals surface area contributed by atoms with Gasteiger partial charge in [0, 0.05) is 24.4 Å². The van der Waals surface area contributed by atoms with E-state index in [1.165, 1.54) is 12.1 Å². The van der Waals surface area contributed by atoms with Crippen LogP contribution in [0.2, 0.25) is 10.0 Å². The van der Waals surface area contributed by atoms with E-state index in [1.54, 1.807) is 24.3 Å². The lowest BCUT2D eigenvalue weighted by molar-refractivity contribution is -0.137. The summed E-state index contributed by atoms with van der Waals surface area (Å²) in [6, 6.07) is 11.7. The first-order chi connectivity index (χ1) is 14.5. The Morgan fingerprint density at radius 2 is 1.83 bits per heavy atom. The molecular weight excluding hydrogens is 426 g/mol. The molecule has 1 heterocycles. The molecule has 4 rings (SSSR count). The minimum Gasteiger partial charge on any atom is -0.390 e. The molecule has 1 aliphatic heterocycles. The van der Waals surface area contributed by atoms with Crippen molar-refractivity contribution in [1.82, 2.24) is 4.90 Å². The summed E-state index contributed by atoms with van der Waals surface area (Å²) in [6.07, 6.45) is 4.37. The van der Waals surface area contributed by atoms with Crippen LogP contribution in [0.15, 0.2) is 47.6 Å². The molecule has 0 N–H and O–H groups in total. The number of amides is 1. The maximum Gasteiger partial charge on any atom is 0.226 e. The molecule has 0 saturated heterocycles. The first kappa shape index (κ1) is 21.1. The van der Waals surface area contributed by atoms with E-state index in [0.29, 0.717) is 29.6 Å². The zero-order valence-corrected chi connectivity index (χ0v) is 18.0. The highest BCUT2D eigenvalue weighted by atomic mass is 35.5. The Bertz CT molecular complexity index is 943.